The Morgan fingerprint density at radius 2 is 2.05 bits per heavy atom. The van der Waals surface area contributed by atoms with Crippen LogP contribution in [0.15, 0.2) is 17.1 Å². The van der Waals surface area contributed by atoms with Gasteiger partial charge in [0.2, 0.25) is 0 Å². The molecule has 1 aromatic rings. The molecule has 0 saturated heterocycles. The standard InChI is InChI=1S/C15H19N3O3S/c1-5-20-13(19)8-21-14-10(2)6-12(7-11(14)3)18-15(22-4)17-9-16/h6-7H,5,8H2,1-4H3,(H,17,18). The predicted molar refractivity (Wildman–Crippen MR) is 87.4 cm³/mol. The molecule has 0 aliphatic carbocycles. The van der Waals surface area contributed by atoms with E-state index in [4.69, 9.17) is 14.7 Å². The number of aryl methyl sites for hydroxylation is 2. The van der Waals surface area contributed by atoms with Gasteiger partial charge < -0.3 is 9.47 Å². The molecule has 6 nitrogen and oxygen atoms in total. The van der Waals surface area contributed by atoms with Gasteiger partial charge in [-0.2, -0.15) is 5.26 Å². The molecule has 1 N–H and O–H groups in total. The van der Waals surface area contributed by atoms with E-state index < -0.39 is 5.97 Å². The van der Waals surface area contributed by atoms with Crippen molar-refractivity contribution < 1.29 is 14.3 Å². The van der Waals surface area contributed by atoms with Crippen molar-refractivity contribution in [3.63, 3.8) is 0 Å². The highest BCUT2D eigenvalue weighted by Crippen LogP contribution is 2.29. The number of amidine groups is 1. The smallest absolute Gasteiger partial charge is 0.344 e. The van der Waals surface area contributed by atoms with Crippen molar-refractivity contribution in [2.45, 2.75) is 20.8 Å². The normalized spacial score (nSPS) is 10.8. The summed E-state index contributed by atoms with van der Waals surface area (Å²) >= 11 is 1.35. The number of nitrogens with one attached hydrogen (secondary N) is 1. The fourth-order valence-corrected chi connectivity index (χ4v) is 2.19. The van der Waals surface area contributed by atoms with Crippen LogP contribution in [0.3, 0.4) is 0 Å². The van der Waals surface area contributed by atoms with Crippen molar-refractivity contribution in [1.29, 1.82) is 5.26 Å². The molecule has 0 spiro atoms. The van der Waals surface area contributed by atoms with E-state index in [1.165, 1.54) is 11.8 Å². The van der Waals surface area contributed by atoms with Crippen LogP contribution in [0.2, 0.25) is 0 Å². The number of carbonyl (C=O) groups is 1. The summed E-state index contributed by atoms with van der Waals surface area (Å²) in [6.45, 7) is 5.72. The lowest BCUT2D eigenvalue weighted by molar-refractivity contribution is -0.145. The second-order valence-corrected chi connectivity index (χ2v) is 5.16. The molecule has 22 heavy (non-hydrogen) atoms. The zero-order chi connectivity index (χ0) is 16.5. The van der Waals surface area contributed by atoms with Gasteiger partial charge in [-0.3, -0.25) is 5.32 Å². The SMILES string of the molecule is CCOC(=O)COc1c(C)cc(N=C(NC#N)SC)cc1C. The Kier molecular flexibility index (Phi) is 7.26. The van der Waals surface area contributed by atoms with E-state index in [-0.39, 0.29) is 6.61 Å². The number of rotatable bonds is 5. The Labute approximate surface area is 134 Å². The molecule has 1 rings (SSSR count). The third kappa shape index (κ3) is 5.30. The van der Waals surface area contributed by atoms with Crippen LogP contribution in [0.4, 0.5) is 5.69 Å². The lowest BCUT2D eigenvalue weighted by atomic mass is 10.1. The number of hydrogen-bond acceptors (Lipinski definition) is 6. The molecule has 118 valence electrons. The molecule has 1 aromatic carbocycles. The second-order valence-electron chi connectivity index (χ2n) is 4.36. The van der Waals surface area contributed by atoms with Crippen molar-refractivity contribution in [1.82, 2.24) is 5.32 Å². The fraction of sp³-hybridized carbons (Fsp3) is 0.400. The minimum atomic E-state index is -0.397. The third-order valence-electron chi connectivity index (χ3n) is 2.67. The van der Waals surface area contributed by atoms with E-state index in [1.54, 1.807) is 6.92 Å². The van der Waals surface area contributed by atoms with E-state index in [9.17, 15) is 4.79 Å². The molecule has 0 atom stereocenters. The van der Waals surface area contributed by atoms with Gasteiger partial charge in [0.25, 0.3) is 0 Å². The van der Waals surface area contributed by atoms with Crippen LogP contribution in [0.5, 0.6) is 5.75 Å². The van der Waals surface area contributed by atoms with E-state index in [2.05, 4.69) is 10.3 Å². The average molecular weight is 321 g/mol. The first kappa shape index (κ1) is 17.9. The van der Waals surface area contributed by atoms with Gasteiger partial charge in [0.05, 0.1) is 12.3 Å². The first-order valence-electron chi connectivity index (χ1n) is 6.69. The number of nitrogens with zero attached hydrogens (tertiary/aromatic N) is 2. The number of ether oxygens (including phenoxy) is 2. The maximum atomic E-state index is 11.4. The van der Waals surface area contributed by atoms with Gasteiger partial charge in [0, 0.05) is 0 Å². The van der Waals surface area contributed by atoms with Crippen molar-refractivity contribution in [3.05, 3.63) is 23.3 Å². The molecular formula is C15H19N3O3S. The second kappa shape index (κ2) is 8.95. The van der Waals surface area contributed by atoms with Gasteiger partial charge in [-0.25, -0.2) is 9.79 Å². The Balaban J connectivity index is 2.93. The van der Waals surface area contributed by atoms with Gasteiger partial charge in [-0.1, -0.05) is 11.8 Å². The number of esters is 1. The zero-order valence-corrected chi connectivity index (χ0v) is 13.9. The highest BCUT2D eigenvalue weighted by molar-refractivity contribution is 8.13. The van der Waals surface area contributed by atoms with Crippen LogP contribution in [0.1, 0.15) is 18.1 Å². The summed E-state index contributed by atoms with van der Waals surface area (Å²) in [5.41, 5.74) is 2.44. The van der Waals surface area contributed by atoms with E-state index in [0.717, 1.165) is 11.1 Å². The summed E-state index contributed by atoms with van der Waals surface area (Å²) in [4.78, 5) is 15.7. The van der Waals surface area contributed by atoms with Gasteiger partial charge in [0.1, 0.15) is 5.75 Å². The maximum Gasteiger partial charge on any atom is 0.344 e. The van der Waals surface area contributed by atoms with Gasteiger partial charge in [-0.15, -0.1) is 0 Å². The predicted octanol–water partition coefficient (Wildman–Crippen LogP) is 2.67. The van der Waals surface area contributed by atoms with Crippen LogP contribution < -0.4 is 10.1 Å². The fourth-order valence-electron chi connectivity index (χ4n) is 1.84. The van der Waals surface area contributed by atoms with Crippen molar-refractivity contribution in [3.8, 4) is 11.9 Å². The molecule has 0 fully saturated rings. The lowest BCUT2D eigenvalue weighted by Gasteiger charge is -2.12. The first-order chi connectivity index (χ1) is 10.5. The molecule has 0 bridgehead atoms. The first-order valence-corrected chi connectivity index (χ1v) is 7.91. The van der Waals surface area contributed by atoms with Crippen LogP contribution in [-0.4, -0.2) is 30.6 Å². The average Bonchev–Trinajstić information content (AvgIpc) is 2.46. The Hall–Kier alpha value is -2.20. The van der Waals surface area contributed by atoms with E-state index >= 15 is 0 Å². The third-order valence-corrected chi connectivity index (χ3v) is 3.25. The van der Waals surface area contributed by atoms with Gasteiger partial charge in [-0.05, 0) is 50.3 Å². The van der Waals surface area contributed by atoms with E-state index in [1.807, 2.05) is 38.4 Å². The van der Waals surface area contributed by atoms with Gasteiger partial charge in [0.15, 0.2) is 18.0 Å². The topological polar surface area (TPSA) is 83.7 Å². The summed E-state index contributed by atoms with van der Waals surface area (Å²) in [5.74, 6) is 0.247. The molecule has 0 aliphatic rings. The molecule has 7 heteroatoms. The summed E-state index contributed by atoms with van der Waals surface area (Å²) < 4.78 is 10.4. The number of benzene rings is 1. The molecular weight excluding hydrogens is 302 g/mol. The van der Waals surface area contributed by atoms with Crippen molar-refractivity contribution in [2.24, 2.45) is 4.99 Å². The number of carbonyl (C=O) groups excluding carboxylic acids is 1. The Bertz CT molecular complexity index is 586. The number of hydrogen-bond donors (Lipinski definition) is 1. The van der Waals surface area contributed by atoms with E-state index in [0.29, 0.717) is 23.2 Å². The molecule has 0 amide bonds. The summed E-state index contributed by atoms with van der Waals surface area (Å²) in [5, 5.41) is 11.7. The number of thioether (sulfide) groups is 1. The zero-order valence-electron chi connectivity index (χ0n) is 13.1. The monoisotopic (exact) mass is 321 g/mol. The number of nitriles is 1. The maximum absolute atomic E-state index is 11.4. The summed E-state index contributed by atoms with van der Waals surface area (Å²) in [6.07, 6.45) is 3.68. The quantitative estimate of drug-likeness (QED) is 0.295. The van der Waals surface area contributed by atoms with Crippen LogP contribution in [0, 0.1) is 25.3 Å². The van der Waals surface area contributed by atoms with Crippen LogP contribution >= 0.6 is 11.8 Å². The highest BCUT2D eigenvalue weighted by atomic mass is 32.2. The molecule has 0 heterocycles. The van der Waals surface area contributed by atoms with Crippen LogP contribution in [-0.2, 0) is 9.53 Å². The molecule has 0 aromatic heterocycles. The minimum absolute atomic E-state index is 0.121. The molecule has 0 saturated carbocycles. The summed E-state index contributed by atoms with van der Waals surface area (Å²) in [6, 6.07) is 3.67. The Morgan fingerprint density at radius 3 is 2.55 bits per heavy atom. The lowest BCUT2D eigenvalue weighted by Crippen LogP contribution is -2.15. The molecule has 0 aliphatic heterocycles. The van der Waals surface area contributed by atoms with Crippen LogP contribution in [0.25, 0.3) is 0 Å². The minimum Gasteiger partial charge on any atom is -0.481 e. The Morgan fingerprint density at radius 1 is 1.41 bits per heavy atom. The van der Waals surface area contributed by atoms with Crippen molar-refractivity contribution in [2.75, 3.05) is 19.5 Å². The largest absolute Gasteiger partial charge is 0.481 e. The molecule has 0 radical (unpaired) electrons. The van der Waals surface area contributed by atoms with Gasteiger partial charge >= 0.3 is 5.97 Å². The summed E-state index contributed by atoms with van der Waals surface area (Å²) in [7, 11) is 0. The van der Waals surface area contributed by atoms with Crippen molar-refractivity contribution >= 4 is 28.6 Å². The number of aliphatic imine (C=N–C) groups is 1. The molecule has 0 unspecified atom stereocenters. The highest BCUT2D eigenvalue weighted by Gasteiger charge is 2.10.